The highest BCUT2D eigenvalue weighted by molar-refractivity contribution is 6.50. The zero-order chi connectivity index (χ0) is 16.4. The lowest BCUT2D eigenvalue weighted by Crippen LogP contribution is -1.93. The van der Waals surface area contributed by atoms with E-state index >= 15 is 0 Å². The highest BCUT2D eigenvalue weighted by atomic mass is 35.5. The Kier molecular flexibility index (Phi) is 4.23. The molecular formula is C20H16ClNO. The first-order valence-electron chi connectivity index (χ1n) is 7.38. The largest absolute Gasteiger partial charge is 0.497 e. The molecule has 0 radical (unpaired) electrons. The van der Waals surface area contributed by atoms with Gasteiger partial charge in [0.2, 0.25) is 0 Å². The maximum Gasteiger partial charge on any atom is 0.119 e. The summed E-state index contributed by atoms with van der Waals surface area (Å²) in [5.41, 5.74) is 5.68. The van der Waals surface area contributed by atoms with Crippen LogP contribution >= 0.6 is 11.6 Å². The number of allylic oxidation sites excluding steroid dienone is 3. The van der Waals surface area contributed by atoms with E-state index in [1.807, 2.05) is 49.4 Å². The Morgan fingerprint density at radius 1 is 1.17 bits per heavy atom. The SMILES string of the molecule is COc1ccc2c(c1)C(C(C#N)=C(Cl)c1ccccc1)=C(C)C2. The predicted octanol–water partition coefficient (Wildman–Crippen LogP) is 5.20. The monoisotopic (exact) mass is 321 g/mol. The van der Waals surface area contributed by atoms with E-state index in [-0.39, 0.29) is 0 Å². The normalized spacial score (nSPS) is 14.2. The van der Waals surface area contributed by atoms with Gasteiger partial charge in [-0.05, 0) is 42.2 Å². The van der Waals surface area contributed by atoms with Gasteiger partial charge in [-0.2, -0.15) is 5.26 Å². The lowest BCUT2D eigenvalue weighted by atomic mass is 9.96. The van der Waals surface area contributed by atoms with Crippen LogP contribution in [0.25, 0.3) is 10.6 Å². The minimum absolute atomic E-state index is 0.484. The van der Waals surface area contributed by atoms with E-state index in [0.29, 0.717) is 10.6 Å². The molecule has 0 heterocycles. The molecule has 0 saturated carbocycles. The summed E-state index contributed by atoms with van der Waals surface area (Å²) in [5, 5.41) is 10.2. The van der Waals surface area contributed by atoms with Crippen molar-refractivity contribution in [2.24, 2.45) is 0 Å². The summed E-state index contributed by atoms with van der Waals surface area (Å²) in [4.78, 5) is 0. The molecular weight excluding hydrogens is 306 g/mol. The summed E-state index contributed by atoms with van der Waals surface area (Å²) in [6, 6.07) is 17.9. The van der Waals surface area contributed by atoms with Crippen LogP contribution in [0.5, 0.6) is 5.75 Å². The number of hydrogen-bond donors (Lipinski definition) is 0. The fraction of sp³-hybridized carbons (Fsp3) is 0.150. The summed E-state index contributed by atoms with van der Waals surface area (Å²) >= 11 is 6.55. The summed E-state index contributed by atoms with van der Waals surface area (Å²) in [7, 11) is 1.64. The third kappa shape index (κ3) is 2.76. The summed E-state index contributed by atoms with van der Waals surface area (Å²) < 4.78 is 5.33. The number of nitrogens with zero attached hydrogens (tertiary/aromatic N) is 1. The molecule has 3 heteroatoms. The molecule has 0 saturated heterocycles. The van der Waals surface area contributed by atoms with Crippen molar-refractivity contribution >= 4 is 22.2 Å². The van der Waals surface area contributed by atoms with Crippen LogP contribution in [0, 0.1) is 11.3 Å². The Balaban J connectivity index is 2.18. The smallest absolute Gasteiger partial charge is 0.119 e. The van der Waals surface area contributed by atoms with E-state index in [4.69, 9.17) is 16.3 Å². The number of nitriles is 1. The second-order valence-electron chi connectivity index (χ2n) is 5.52. The van der Waals surface area contributed by atoms with Gasteiger partial charge in [-0.15, -0.1) is 0 Å². The highest BCUT2D eigenvalue weighted by Crippen LogP contribution is 2.42. The molecule has 114 valence electrons. The molecule has 0 N–H and O–H groups in total. The number of fused-ring (bicyclic) bond motifs is 1. The average molecular weight is 322 g/mol. The number of hydrogen-bond acceptors (Lipinski definition) is 2. The van der Waals surface area contributed by atoms with Crippen LogP contribution < -0.4 is 4.74 Å². The second-order valence-corrected chi connectivity index (χ2v) is 5.90. The van der Waals surface area contributed by atoms with Crippen molar-refractivity contribution in [2.45, 2.75) is 13.3 Å². The van der Waals surface area contributed by atoms with Gasteiger partial charge in [0.1, 0.15) is 11.8 Å². The highest BCUT2D eigenvalue weighted by Gasteiger charge is 2.24. The van der Waals surface area contributed by atoms with Crippen LogP contribution in [0.4, 0.5) is 0 Å². The van der Waals surface area contributed by atoms with Crippen LogP contribution in [0.15, 0.2) is 59.7 Å². The molecule has 1 aliphatic rings. The molecule has 2 aromatic carbocycles. The van der Waals surface area contributed by atoms with E-state index in [2.05, 4.69) is 12.1 Å². The van der Waals surface area contributed by atoms with Gasteiger partial charge < -0.3 is 4.74 Å². The maximum absolute atomic E-state index is 9.73. The standard InChI is InChI=1S/C20H16ClNO/c1-13-10-15-8-9-16(23-2)11-17(15)19(13)18(12-22)20(21)14-6-4-3-5-7-14/h3-9,11H,10H2,1-2H3. The van der Waals surface area contributed by atoms with E-state index in [1.54, 1.807) is 7.11 Å². The molecule has 0 aliphatic heterocycles. The zero-order valence-electron chi connectivity index (χ0n) is 13.1. The molecule has 2 aromatic rings. The van der Waals surface area contributed by atoms with Crippen LogP contribution in [-0.2, 0) is 6.42 Å². The predicted molar refractivity (Wildman–Crippen MR) is 94.1 cm³/mol. The van der Waals surface area contributed by atoms with Gasteiger partial charge in [-0.25, -0.2) is 0 Å². The molecule has 1 aliphatic carbocycles. The van der Waals surface area contributed by atoms with E-state index in [1.165, 1.54) is 5.56 Å². The molecule has 3 rings (SSSR count). The first kappa shape index (κ1) is 15.4. The first-order valence-corrected chi connectivity index (χ1v) is 7.76. The van der Waals surface area contributed by atoms with Gasteiger partial charge in [0.15, 0.2) is 0 Å². The molecule has 0 spiro atoms. The van der Waals surface area contributed by atoms with Crippen molar-refractivity contribution in [1.82, 2.24) is 0 Å². The van der Waals surface area contributed by atoms with Crippen LogP contribution in [0.2, 0.25) is 0 Å². The van der Waals surface area contributed by atoms with Crippen molar-refractivity contribution in [2.75, 3.05) is 7.11 Å². The Morgan fingerprint density at radius 3 is 2.57 bits per heavy atom. The topological polar surface area (TPSA) is 33.0 Å². The Morgan fingerprint density at radius 2 is 1.91 bits per heavy atom. The quantitative estimate of drug-likeness (QED) is 0.728. The Bertz CT molecular complexity index is 857. The van der Waals surface area contributed by atoms with Crippen molar-refractivity contribution in [3.63, 3.8) is 0 Å². The molecule has 0 bridgehead atoms. The molecule has 0 fully saturated rings. The fourth-order valence-corrected chi connectivity index (χ4v) is 3.23. The lowest BCUT2D eigenvalue weighted by molar-refractivity contribution is 0.414. The number of methoxy groups -OCH3 is 1. The van der Waals surface area contributed by atoms with E-state index < -0.39 is 0 Å². The number of halogens is 1. The fourth-order valence-electron chi connectivity index (χ4n) is 2.96. The number of rotatable bonds is 3. The van der Waals surface area contributed by atoms with Crippen molar-refractivity contribution < 1.29 is 4.74 Å². The first-order chi connectivity index (χ1) is 11.2. The molecule has 0 amide bonds. The van der Waals surface area contributed by atoms with Gasteiger partial charge in [-0.3, -0.25) is 0 Å². The molecule has 0 unspecified atom stereocenters. The molecule has 23 heavy (non-hydrogen) atoms. The molecule has 2 nitrogen and oxygen atoms in total. The average Bonchev–Trinajstić information content (AvgIpc) is 2.91. The summed E-state index contributed by atoms with van der Waals surface area (Å²) in [5.74, 6) is 0.782. The van der Waals surface area contributed by atoms with Crippen molar-refractivity contribution in [3.05, 3.63) is 76.4 Å². The van der Waals surface area contributed by atoms with Crippen molar-refractivity contribution in [3.8, 4) is 11.8 Å². The van der Waals surface area contributed by atoms with E-state index in [9.17, 15) is 5.26 Å². The lowest BCUT2D eigenvalue weighted by Gasteiger charge is -2.10. The summed E-state index contributed by atoms with van der Waals surface area (Å²) in [6.07, 6.45) is 0.832. The molecule has 0 atom stereocenters. The van der Waals surface area contributed by atoms with E-state index in [0.717, 1.165) is 34.4 Å². The van der Waals surface area contributed by atoms with Crippen LogP contribution in [-0.4, -0.2) is 7.11 Å². The number of benzene rings is 2. The molecule has 0 aromatic heterocycles. The third-order valence-corrected chi connectivity index (χ3v) is 4.48. The minimum Gasteiger partial charge on any atom is -0.497 e. The van der Waals surface area contributed by atoms with Gasteiger partial charge in [0.05, 0.1) is 17.7 Å². The third-order valence-electron chi connectivity index (χ3n) is 4.08. The second kappa shape index (κ2) is 6.32. The zero-order valence-corrected chi connectivity index (χ0v) is 13.8. The van der Waals surface area contributed by atoms with Crippen LogP contribution in [0.3, 0.4) is 0 Å². The van der Waals surface area contributed by atoms with Gasteiger partial charge in [-0.1, -0.05) is 53.6 Å². The minimum atomic E-state index is 0.484. The van der Waals surface area contributed by atoms with Gasteiger partial charge in [0.25, 0.3) is 0 Å². The van der Waals surface area contributed by atoms with Gasteiger partial charge >= 0.3 is 0 Å². The Labute approximate surface area is 141 Å². The number of ether oxygens (including phenoxy) is 1. The van der Waals surface area contributed by atoms with Crippen LogP contribution in [0.1, 0.15) is 23.6 Å². The summed E-state index contributed by atoms with van der Waals surface area (Å²) in [6.45, 7) is 2.05. The Hall–Kier alpha value is -2.50. The van der Waals surface area contributed by atoms with Crippen molar-refractivity contribution in [1.29, 1.82) is 5.26 Å². The van der Waals surface area contributed by atoms with Gasteiger partial charge in [0, 0.05) is 5.57 Å². The maximum atomic E-state index is 9.73.